The molecule has 0 aromatic heterocycles. The Hall–Kier alpha value is -1.62. The van der Waals surface area contributed by atoms with Crippen LogP contribution in [0.5, 0.6) is 0 Å². The van der Waals surface area contributed by atoms with Crippen molar-refractivity contribution in [3.63, 3.8) is 0 Å². The van der Waals surface area contributed by atoms with Gasteiger partial charge in [0.1, 0.15) is 5.82 Å². The normalized spacial score (nSPS) is 17.4. The molecule has 5 heteroatoms. The van der Waals surface area contributed by atoms with Gasteiger partial charge < -0.3 is 9.80 Å². The number of hydrogen-bond acceptors (Lipinski definition) is 3. The number of para-hydroxylation sites is 1. The first-order valence-corrected chi connectivity index (χ1v) is 8.10. The molecule has 122 valence electrons. The van der Waals surface area contributed by atoms with Crippen LogP contribution in [-0.4, -0.2) is 61.0 Å². The zero-order valence-corrected chi connectivity index (χ0v) is 13.8. The lowest BCUT2D eigenvalue weighted by Gasteiger charge is -2.39. The largest absolute Gasteiger partial charge is 0.367 e. The Balaban J connectivity index is 1.94. The standard InChI is InChI=1S/C17H26FN3O/c1-4-19(5-2)17(22)14(3)20-10-12-21(13-11-20)16-9-7-6-8-15(16)18/h6-9,14H,4-5,10-13H2,1-3H3. The van der Waals surface area contributed by atoms with Crippen molar-refractivity contribution in [2.45, 2.75) is 26.8 Å². The Bertz CT molecular complexity index is 496. The second-order valence-corrected chi connectivity index (χ2v) is 5.66. The number of piperazine rings is 1. The number of nitrogens with zero attached hydrogens (tertiary/aromatic N) is 3. The zero-order valence-electron chi connectivity index (χ0n) is 13.8. The van der Waals surface area contributed by atoms with E-state index in [0.29, 0.717) is 5.69 Å². The van der Waals surface area contributed by atoms with Gasteiger partial charge in [-0.2, -0.15) is 0 Å². The average Bonchev–Trinajstić information content (AvgIpc) is 2.56. The Labute approximate surface area is 132 Å². The second-order valence-electron chi connectivity index (χ2n) is 5.66. The Kier molecular flexibility index (Phi) is 5.77. The van der Waals surface area contributed by atoms with Crippen molar-refractivity contribution in [2.75, 3.05) is 44.2 Å². The molecule has 1 aromatic rings. The molecule has 0 bridgehead atoms. The molecule has 1 aromatic carbocycles. The minimum absolute atomic E-state index is 0.109. The van der Waals surface area contributed by atoms with Gasteiger partial charge in [0.2, 0.25) is 5.91 Å². The lowest BCUT2D eigenvalue weighted by molar-refractivity contribution is -0.136. The monoisotopic (exact) mass is 307 g/mol. The van der Waals surface area contributed by atoms with E-state index in [9.17, 15) is 9.18 Å². The van der Waals surface area contributed by atoms with Crippen molar-refractivity contribution < 1.29 is 9.18 Å². The summed E-state index contributed by atoms with van der Waals surface area (Å²) in [5.74, 6) is 0.00700. The lowest BCUT2D eigenvalue weighted by Crippen LogP contribution is -2.54. The molecule has 1 saturated heterocycles. The number of benzene rings is 1. The molecule has 22 heavy (non-hydrogen) atoms. The van der Waals surface area contributed by atoms with E-state index < -0.39 is 0 Å². The topological polar surface area (TPSA) is 26.8 Å². The fourth-order valence-corrected chi connectivity index (χ4v) is 3.01. The highest BCUT2D eigenvalue weighted by Crippen LogP contribution is 2.21. The highest BCUT2D eigenvalue weighted by molar-refractivity contribution is 5.81. The van der Waals surface area contributed by atoms with Gasteiger partial charge in [-0.3, -0.25) is 9.69 Å². The molecule has 4 nitrogen and oxygen atoms in total. The number of rotatable bonds is 5. The van der Waals surface area contributed by atoms with Gasteiger partial charge in [0.05, 0.1) is 11.7 Å². The molecular weight excluding hydrogens is 281 g/mol. The van der Waals surface area contributed by atoms with Crippen LogP contribution in [0.3, 0.4) is 0 Å². The third-order valence-corrected chi connectivity index (χ3v) is 4.49. The van der Waals surface area contributed by atoms with Crippen LogP contribution in [0.15, 0.2) is 24.3 Å². The minimum Gasteiger partial charge on any atom is -0.367 e. The molecular formula is C17H26FN3O. The van der Waals surface area contributed by atoms with Crippen LogP contribution in [0.1, 0.15) is 20.8 Å². The average molecular weight is 307 g/mol. The first kappa shape index (κ1) is 16.7. The number of carbonyl (C=O) groups is 1. The predicted molar refractivity (Wildman–Crippen MR) is 87.6 cm³/mol. The summed E-state index contributed by atoms with van der Waals surface area (Å²) in [5.41, 5.74) is 0.657. The molecule has 1 aliphatic rings. The SMILES string of the molecule is CCN(CC)C(=O)C(C)N1CCN(c2ccccc2F)CC1. The lowest BCUT2D eigenvalue weighted by atomic mass is 10.2. The van der Waals surface area contributed by atoms with E-state index in [1.54, 1.807) is 6.07 Å². The fraction of sp³-hybridized carbons (Fsp3) is 0.588. The number of carbonyl (C=O) groups excluding carboxylic acids is 1. The summed E-state index contributed by atoms with van der Waals surface area (Å²) >= 11 is 0. The van der Waals surface area contributed by atoms with E-state index in [0.717, 1.165) is 39.3 Å². The summed E-state index contributed by atoms with van der Waals surface area (Å²) in [5, 5.41) is 0. The predicted octanol–water partition coefficient (Wildman–Crippen LogP) is 2.20. The van der Waals surface area contributed by atoms with E-state index in [2.05, 4.69) is 9.80 Å². The molecule has 1 fully saturated rings. The molecule has 1 aliphatic heterocycles. The van der Waals surface area contributed by atoms with Crippen molar-refractivity contribution in [3.8, 4) is 0 Å². The van der Waals surface area contributed by atoms with Gasteiger partial charge in [-0.25, -0.2) is 4.39 Å². The van der Waals surface area contributed by atoms with Crippen molar-refractivity contribution >= 4 is 11.6 Å². The molecule has 0 radical (unpaired) electrons. The van der Waals surface area contributed by atoms with Gasteiger partial charge in [0.15, 0.2) is 0 Å². The highest BCUT2D eigenvalue weighted by atomic mass is 19.1. The highest BCUT2D eigenvalue weighted by Gasteiger charge is 2.28. The molecule has 1 heterocycles. The molecule has 0 spiro atoms. The van der Waals surface area contributed by atoms with Crippen LogP contribution in [0.25, 0.3) is 0 Å². The van der Waals surface area contributed by atoms with E-state index in [-0.39, 0.29) is 17.8 Å². The number of halogens is 1. The van der Waals surface area contributed by atoms with Gasteiger partial charge in [0, 0.05) is 39.3 Å². The molecule has 0 aliphatic carbocycles. The van der Waals surface area contributed by atoms with E-state index in [1.807, 2.05) is 37.8 Å². The van der Waals surface area contributed by atoms with Crippen LogP contribution >= 0.6 is 0 Å². The first-order chi connectivity index (χ1) is 10.6. The molecule has 1 amide bonds. The third-order valence-electron chi connectivity index (χ3n) is 4.49. The Morgan fingerprint density at radius 2 is 1.77 bits per heavy atom. The van der Waals surface area contributed by atoms with Gasteiger partial charge in [-0.05, 0) is 32.9 Å². The maximum Gasteiger partial charge on any atom is 0.239 e. The van der Waals surface area contributed by atoms with Crippen LogP contribution < -0.4 is 4.90 Å². The quantitative estimate of drug-likeness (QED) is 0.834. The maximum absolute atomic E-state index is 13.8. The van der Waals surface area contributed by atoms with Crippen molar-refractivity contribution in [1.82, 2.24) is 9.80 Å². The van der Waals surface area contributed by atoms with Crippen LogP contribution in [0.2, 0.25) is 0 Å². The zero-order chi connectivity index (χ0) is 16.1. The van der Waals surface area contributed by atoms with E-state index >= 15 is 0 Å². The summed E-state index contributed by atoms with van der Waals surface area (Å²) in [6.45, 7) is 10.5. The smallest absolute Gasteiger partial charge is 0.239 e. The van der Waals surface area contributed by atoms with Crippen LogP contribution in [-0.2, 0) is 4.79 Å². The molecule has 1 unspecified atom stereocenters. The second kappa shape index (κ2) is 7.58. The van der Waals surface area contributed by atoms with Gasteiger partial charge in [0.25, 0.3) is 0 Å². The minimum atomic E-state index is -0.178. The summed E-state index contributed by atoms with van der Waals surface area (Å²) in [6, 6.07) is 6.77. The number of hydrogen-bond donors (Lipinski definition) is 0. The Morgan fingerprint density at radius 3 is 2.32 bits per heavy atom. The number of amides is 1. The fourth-order valence-electron chi connectivity index (χ4n) is 3.01. The van der Waals surface area contributed by atoms with E-state index in [1.165, 1.54) is 6.07 Å². The summed E-state index contributed by atoms with van der Waals surface area (Å²) in [6.07, 6.45) is 0. The van der Waals surface area contributed by atoms with E-state index in [4.69, 9.17) is 0 Å². The van der Waals surface area contributed by atoms with Crippen LogP contribution in [0.4, 0.5) is 10.1 Å². The number of anilines is 1. The summed E-state index contributed by atoms with van der Waals surface area (Å²) in [7, 11) is 0. The van der Waals surface area contributed by atoms with Gasteiger partial charge in [-0.1, -0.05) is 12.1 Å². The maximum atomic E-state index is 13.8. The van der Waals surface area contributed by atoms with Crippen molar-refractivity contribution in [1.29, 1.82) is 0 Å². The third kappa shape index (κ3) is 3.58. The summed E-state index contributed by atoms with van der Waals surface area (Å²) < 4.78 is 13.8. The van der Waals surface area contributed by atoms with Gasteiger partial charge >= 0.3 is 0 Å². The van der Waals surface area contributed by atoms with Crippen LogP contribution in [0, 0.1) is 5.82 Å². The Morgan fingerprint density at radius 1 is 1.18 bits per heavy atom. The molecule has 0 saturated carbocycles. The number of likely N-dealkylation sites (N-methyl/N-ethyl adjacent to an activating group) is 1. The molecule has 2 rings (SSSR count). The first-order valence-electron chi connectivity index (χ1n) is 8.10. The molecule has 1 atom stereocenters. The van der Waals surface area contributed by atoms with Gasteiger partial charge in [-0.15, -0.1) is 0 Å². The van der Waals surface area contributed by atoms with Crippen molar-refractivity contribution in [2.24, 2.45) is 0 Å². The summed E-state index contributed by atoms with van der Waals surface area (Å²) in [4.78, 5) is 18.5. The molecule has 0 N–H and O–H groups in total. The van der Waals surface area contributed by atoms with Crippen molar-refractivity contribution in [3.05, 3.63) is 30.1 Å².